The molecule has 0 heterocycles. The molecule has 0 unspecified atom stereocenters. The lowest BCUT2D eigenvalue weighted by Gasteiger charge is -1.92. The fraction of sp³-hybridized carbons (Fsp3) is 0.500. The standard InChI is InChI=1S/C6H12N2O/c1-5(6(7)9)3-4-8-2/h3,8H,4H2,1-2H3,(H2,7,9)/b5-3+. The maximum Gasteiger partial charge on any atom is 0.244 e. The normalized spacial score (nSPS) is 11.6. The molecule has 0 aliphatic heterocycles. The Hall–Kier alpha value is -0.830. The van der Waals surface area contributed by atoms with Gasteiger partial charge in [-0.15, -0.1) is 0 Å². The Bertz CT molecular complexity index is 129. The van der Waals surface area contributed by atoms with Crippen LogP contribution >= 0.6 is 0 Å². The fourth-order valence-corrected chi connectivity index (χ4v) is 0.356. The number of hydrogen-bond donors (Lipinski definition) is 2. The van der Waals surface area contributed by atoms with E-state index >= 15 is 0 Å². The molecule has 0 atom stereocenters. The van der Waals surface area contributed by atoms with Gasteiger partial charge in [0.1, 0.15) is 0 Å². The molecule has 0 radical (unpaired) electrons. The Labute approximate surface area is 54.9 Å². The summed E-state index contributed by atoms with van der Waals surface area (Å²) in [6, 6.07) is 0. The zero-order valence-electron chi connectivity index (χ0n) is 5.77. The molecule has 0 aromatic rings. The Morgan fingerprint density at radius 2 is 2.33 bits per heavy atom. The van der Waals surface area contributed by atoms with Crippen LogP contribution in [-0.2, 0) is 4.79 Å². The first-order valence-electron chi connectivity index (χ1n) is 2.79. The minimum absolute atomic E-state index is 0.356. The average Bonchev–Trinajstić information content (AvgIpc) is 1.82. The van der Waals surface area contributed by atoms with Crippen molar-refractivity contribution in [2.75, 3.05) is 13.6 Å². The molecule has 0 rings (SSSR count). The summed E-state index contributed by atoms with van der Waals surface area (Å²) in [7, 11) is 1.81. The molecule has 0 saturated carbocycles. The van der Waals surface area contributed by atoms with E-state index in [1.54, 1.807) is 13.0 Å². The molecule has 9 heavy (non-hydrogen) atoms. The van der Waals surface area contributed by atoms with Gasteiger partial charge >= 0.3 is 0 Å². The van der Waals surface area contributed by atoms with Crippen molar-refractivity contribution in [3.63, 3.8) is 0 Å². The van der Waals surface area contributed by atoms with Gasteiger partial charge in [0.15, 0.2) is 0 Å². The number of likely N-dealkylation sites (N-methyl/N-ethyl adjacent to an activating group) is 1. The van der Waals surface area contributed by atoms with E-state index in [9.17, 15) is 4.79 Å². The van der Waals surface area contributed by atoms with Gasteiger partial charge < -0.3 is 11.1 Å². The van der Waals surface area contributed by atoms with Crippen LogP contribution in [0.3, 0.4) is 0 Å². The first kappa shape index (κ1) is 8.17. The Morgan fingerprint density at radius 3 is 2.67 bits per heavy atom. The van der Waals surface area contributed by atoms with Gasteiger partial charge in [-0.2, -0.15) is 0 Å². The van der Waals surface area contributed by atoms with Crippen LogP contribution in [0.25, 0.3) is 0 Å². The number of rotatable bonds is 3. The Kier molecular flexibility index (Phi) is 3.71. The lowest BCUT2D eigenvalue weighted by molar-refractivity contribution is -0.114. The smallest absolute Gasteiger partial charge is 0.244 e. The maximum atomic E-state index is 10.3. The number of nitrogens with two attached hydrogens (primary N) is 1. The zero-order valence-corrected chi connectivity index (χ0v) is 5.77. The second-order valence-corrected chi connectivity index (χ2v) is 1.81. The third-order valence-corrected chi connectivity index (χ3v) is 1.00. The molecule has 0 fully saturated rings. The van der Waals surface area contributed by atoms with E-state index in [-0.39, 0.29) is 5.91 Å². The number of carbonyl (C=O) groups excluding carboxylic acids is 1. The summed E-state index contributed by atoms with van der Waals surface area (Å²) in [6.07, 6.45) is 1.75. The summed E-state index contributed by atoms with van der Waals surface area (Å²) in [5.41, 5.74) is 5.54. The minimum Gasteiger partial charge on any atom is -0.366 e. The summed E-state index contributed by atoms with van der Waals surface area (Å²) in [5, 5.41) is 2.87. The second kappa shape index (κ2) is 4.09. The highest BCUT2D eigenvalue weighted by Crippen LogP contribution is 1.86. The highest BCUT2D eigenvalue weighted by Gasteiger charge is 1.92. The number of amides is 1. The predicted octanol–water partition coefficient (Wildman–Crippen LogP) is -0.363. The lowest BCUT2D eigenvalue weighted by Crippen LogP contribution is -2.14. The van der Waals surface area contributed by atoms with Crippen LogP contribution in [0.5, 0.6) is 0 Å². The third-order valence-electron chi connectivity index (χ3n) is 1.00. The van der Waals surface area contributed by atoms with Gasteiger partial charge in [0.25, 0.3) is 0 Å². The molecule has 1 amide bonds. The number of nitrogens with one attached hydrogen (secondary N) is 1. The maximum absolute atomic E-state index is 10.3. The summed E-state index contributed by atoms with van der Waals surface area (Å²) in [6.45, 7) is 2.38. The van der Waals surface area contributed by atoms with Crippen molar-refractivity contribution in [1.82, 2.24) is 5.32 Å². The molecule has 3 nitrogen and oxygen atoms in total. The summed E-state index contributed by atoms with van der Waals surface area (Å²) < 4.78 is 0. The highest BCUT2D eigenvalue weighted by molar-refractivity contribution is 5.91. The van der Waals surface area contributed by atoms with E-state index in [0.717, 1.165) is 0 Å². The second-order valence-electron chi connectivity index (χ2n) is 1.81. The van der Waals surface area contributed by atoms with Gasteiger partial charge in [0.05, 0.1) is 0 Å². The van der Waals surface area contributed by atoms with Crippen LogP contribution in [0.2, 0.25) is 0 Å². The van der Waals surface area contributed by atoms with E-state index in [1.807, 2.05) is 7.05 Å². The Balaban J connectivity index is 3.69. The third kappa shape index (κ3) is 3.73. The van der Waals surface area contributed by atoms with Crippen molar-refractivity contribution in [1.29, 1.82) is 0 Å². The number of hydrogen-bond acceptors (Lipinski definition) is 2. The SMILES string of the molecule is CNC/C=C(\C)C(N)=O. The fourth-order valence-electron chi connectivity index (χ4n) is 0.356. The monoisotopic (exact) mass is 128 g/mol. The average molecular weight is 128 g/mol. The number of primary amides is 1. The molecule has 0 bridgehead atoms. The molecule has 0 spiro atoms. The van der Waals surface area contributed by atoms with Gasteiger partial charge in [-0.05, 0) is 14.0 Å². The van der Waals surface area contributed by atoms with Crippen molar-refractivity contribution in [2.24, 2.45) is 5.73 Å². The molecular weight excluding hydrogens is 116 g/mol. The van der Waals surface area contributed by atoms with Crippen molar-refractivity contribution in [2.45, 2.75) is 6.92 Å². The Morgan fingerprint density at radius 1 is 1.78 bits per heavy atom. The van der Waals surface area contributed by atoms with Gasteiger partial charge in [-0.1, -0.05) is 6.08 Å². The predicted molar refractivity (Wildman–Crippen MR) is 36.9 cm³/mol. The largest absolute Gasteiger partial charge is 0.366 e. The van der Waals surface area contributed by atoms with Crippen molar-refractivity contribution in [3.8, 4) is 0 Å². The molecule has 0 aliphatic carbocycles. The molecule has 0 aromatic carbocycles. The molecule has 3 N–H and O–H groups in total. The van der Waals surface area contributed by atoms with E-state index in [1.165, 1.54) is 0 Å². The molecule has 0 aliphatic rings. The minimum atomic E-state index is -0.356. The van der Waals surface area contributed by atoms with Crippen LogP contribution in [0.4, 0.5) is 0 Å². The van der Waals surface area contributed by atoms with E-state index in [4.69, 9.17) is 5.73 Å². The molecule has 3 heteroatoms. The zero-order chi connectivity index (χ0) is 7.28. The van der Waals surface area contributed by atoms with Crippen LogP contribution in [-0.4, -0.2) is 19.5 Å². The van der Waals surface area contributed by atoms with Crippen LogP contribution < -0.4 is 11.1 Å². The summed E-state index contributed by atoms with van der Waals surface area (Å²) in [5.74, 6) is -0.356. The quantitative estimate of drug-likeness (QED) is 0.510. The van der Waals surface area contributed by atoms with Gasteiger partial charge in [0.2, 0.25) is 5.91 Å². The topological polar surface area (TPSA) is 55.1 Å². The van der Waals surface area contributed by atoms with Crippen LogP contribution in [0.15, 0.2) is 11.6 Å². The van der Waals surface area contributed by atoms with Crippen LogP contribution in [0, 0.1) is 0 Å². The first-order chi connectivity index (χ1) is 4.18. The molecule has 52 valence electrons. The highest BCUT2D eigenvalue weighted by atomic mass is 16.1. The molecular formula is C6H12N2O. The van der Waals surface area contributed by atoms with Crippen molar-refractivity contribution in [3.05, 3.63) is 11.6 Å². The summed E-state index contributed by atoms with van der Waals surface area (Å²) in [4.78, 5) is 10.3. The summed E-state index contributed by atoms with van der Waals surface area (Å²) >= 11 is 0. The number of carbonyl (C=O) groups is 1. The van der Waals surface area contributed by atoms with Crippen molar-refractivity contribution >= 4 is 5.91 Å². The van der Waals surface area contributed by atoms with Gasteiger partial charge in [-0.3, -0.25) is 4.79 Å². The lowest BCUT2D eigenvalue weighted by atomic mass is 10.3. The van der Waals surface area contributed by atoms with E-state index in [0.29, 0.717) is 12.1 Å². The van der Waals surface area contributed by atoms with Gasteiger partial charge in [0, 0.05) is 12.1 Å². The van der Waals surface area contributed by atoms with E-state index in [2.05, 4.69) is 5.32 Å². The first-order valence-corrected chi connectivity index (χ1v) is 2.79. The van der Waals surface area contributed by atoms with Gasteiger partial charge in [-0.25, -0.2) is 0 Å². The molecule has 0 aromatic heterocycles. The molecule has 0 saturated heterocycles. The van der Waals surface area contributed by atoms with Crippen LogP contribution in [0.1, 0.15) is 6.92 Å². The van der Waals surface area contributed by atoms with Crippen molar-refractivity contribution < 1.29 is 4.79 Å². The van der Waals surface area contributed by atoms with E-state index < -0.39 is 0 Å².